The van der Waals surface area contributed by atoms with Gasteiger partial charge in [0, 0.05) is 0 Å². The zero-order valence-electron chi connectivity index (χ0n) is 8.40. The highest BCUT2D eigenvalue weighted by Crippen LogP contribution is 2.26. The van der Waals surface area contributed by atoms with Gasteiger partial charge in [0.2, 0.25) is 0 Å². The van der Waals surface area contributed by atoms with Gasteiger partial charge in [-0.2, -0.15) is 0 Å². The zero-order valence-corrected chi connectivity index (χ0v) is 9.21. The number of aromatic carboxylic acids is 1. The number of benzene rings is 1. The number of thioether (sulfide) groups is 1. The highest BCUT2D eigenvalue weighted by Gasteiger charge is 2.15. The molecule has 1 aromatic carbocycles. The third kappa shape index (κ3) is 2.96. The van der Waals surface area contributed by atoms with Gasteiger partial charge in [0.05, 0.1) is 23.3 Å². The van der Waals surface area contributed by atoms with E-state index in [2.05, 4.69) is 4.74 Å². The van der Waals surface area contributed by atoms with Crippen LogP contribution in [0.4, 0.5) is 4.39 Å². The number of carbonyl (C=O) groups excluding carboxylic acids is 1. The van der Waals surface area contributed by atoms with Crippen LogP contribution in [0.2, 0.25) is 0 Å². The Morgan fingerprint density at radius 1 is 1.50 bits per heavy atom. The Morgan fingerprint density at radius 3 is 2.75 bits per heavy atom. The SMILES string of the molecule is COC(=O)CSc1c(F)cccc1C(=O)O. The Kier molecular flexibility index (Phi) is 4.30. The number of ether oxygens (including phenoxy) is 1. The second-order valence-electron chi connectivity index (χ2n) is 2.79. The molecule has 0 saturated carbocycles. The van der Waals surface area contributed by atoms with E-state index in [-0.39, 0.29) is 16.2 Å². The van der Waals surface area contributed by atoms with Crippen LogP contribution in [0, 0.1) is 5.82 Å². The average Bonchev–Trinajstić information content (AvgIpc) is 2.26. The van der Waals surface area contributed by atoms with Crippen LogP contribution >= 0.6 is 11.8 Å². The Balaban J connectivity index is 2.93. The lowest BCUT2D eigenvalue weighted by Gasteiger charge is -2.05. The van der Waals surface area contributed by atoms with Crippen molar-refractivity contribution in [2.75, 3.05) is 12.9 Å². The summed E-state index contributed by atoms with van der Waals surface area (Å²) in [6.45, 7) is 0. The molecule has 0 bridgehead atoms. The van der Waals surface area contributed by atoms with Gasteiger partial charge in [-0.25, -0.2) is 9.18 Å². The van der Waals surface area contributed by atoms with Gasteiger partial charge in [-0.05, 0) is 12.1 Å². The van der Waals surface area contributed by atoms with Crippen molar-refractivity contribution in [2.24, 2.45) is 0 Å². The number of carbonyl (C=O) groups is 2. The molecule has 0 unspecified atom stereocenters. The summed E-state index contributed by atoms with van der Waals surface area (Å²) in [6, 6.07) is 3.73. The van der Waals surface area contributed by atoms with Crippen molar-refractivity contribution in [1.82, 2.24) is 0 Å². The molecule has 6 heteroatoms. The first-order valence-electron chi connectivity index (χ1n) is 4.27. The number of esters is 1. The van der Waals surface area contributed by atoms with Gasteiger partial charge in [-0.15, -0.1) is 11.8 Å². The largest absolute Gasteiger partial charge is 0.478 e. The number of halogens is 1. The molecule has 0 radical (unpaired) electrons. The van der Waals surface area contributed by atoms with Crippen LogP contribution in [0.5, 0.6) is 0 Å². The molecular weight excluding hydrogens is 235 g/mol. The Labute approximate surface area is 95.4 Å². The Morgan fingerprint density at radius 2 is 2.19 bits per heavy atom. The van der Waals surface area contributed by atoms with Crippen LogP contribution in [-0.2, 0) is 9.53 Å². The number of rotatable bonds is 4. The Hall–Kier alpha value is -1.56. The van der Waals surface area contributed by atoms with E-state index in [1.54, 1.807) is 0 Å². The average molecular weight is 244 g/mol. The summed E-state index contributed by atoms with van der Waals surface area (Å²) in [5.74, 6) is -2.55. The predicted molar refractivity (Wildman–Crippen MR) is 56.1 cm³/mol. The summed E-state index contributed by atoms with van der Waals surface area (Å²) in [5.41, 5.74) is -0.158. The Bertz CT molecular complexity index is 419. The molecule has 0 atom stereocenters. The second-order valence-corrected chi connectivity index (χ2v) is 3.77. The van der Waals surface area contributed by atoms with Crippen LogP contribution in [0.3, 0.4) is 0 Å². The maximum Gasteiger partial charge on any atom is 0.336 e. The zero-order chi connectivity index (χ0) is 12.1. The van der Waals surface area contributed by atoms with Gasteiger partial charge in [0.25, 0.3) is 0 Å². The van der Waals surface area contributed by atoms with Gasteiger partial charge in [0.1, 0.15) is 5.82 Å². The first-order chi connectivity index (χ1) is 7.56. The van der Waals surface area contributed by atoms with Gasteiger partial charge in [-0.3, -0.25) is 4.79 Å². The minimum Gasteiger partial charge on any atom is -0.478 e. The fourth-order valence-corrected chi connectivity index (χ4v) is 1.91. The molecule has 1 N–H and O–H groups in total. The van der Waals surface area contributed by atoms with E-state index >= 15 is 0 Å². The van der Waals surface area contributed by atoms with E-state index in [9.17, 15) is 14.0 Å². The van der Waals surface area contributed by atoms with Gasteiger partial charge in [-0.1, -0.05) is 6.07 Å². The fourth-order valence-electron chi connectivity index (χ4n) is 1.01. The van der Waals surface area contributed by atoms with E-state index in [1.165, 1.54) is 19.2 Å². The number of hydrogen-bond donors (Lipinski definition) is 1. The molecule has 0 heterocycles. The van der Waals surface area contributed by atoms with Crippen LogP contribution in [0.1, 0.15) is 10.4 Å². The standard InChI is InChI=1S/C10H9FO4S/c1-15-8(12)5-16-9-6(10(13)14)3-2-4-7(9)11/h2-4H,5H2,1H3,(H,13,14). The molecule has 1 aromatic rings. The van der Waals surface area contributed by atoms with E-state index < -0.39 is 17.8 Å². The monoisotopic (exact) mass is 244 g/mol. The molecule has 0 fully saturated rings. The third-order valence-electron chi connectivity index (χ3n) is 1.76. The van der Waals surface area contributed by atoms with Crippen molar-refractivity contribution in [2.45, 2.75) is 4.90 Å². The maximum atomic E-state index is 13.3. The smallest absolute Gasteiger partial charge is 0.336 e. The van der Waals surface area contributed by atoms with Crippen molar-refractivity contribution < 1.29 is 23.8 Å². The van der Waals surface area contributed by atoms with Crippen molar-refractivity contribution in [1.29, 1.82) is 0 Å². The maximum absolute atomic E-state index is 13.3. The summed E-state index contributed by atoms with van der Waals surface area (Å²) in [7, 11) is 1.21. The molecule has 86 valence electrons. The molecule has 0 aliphatic carbocycles. The van der Waals surface area contributed by atoms with E-state index in [1.807, 2.05) is 0 Å². The molecule has 0 amide bonds. The first kappa shape index (κ1) is 12.5. The second kappa shape index (κ2) is 5.50. The highest BCUT2D eigenvalue weighted by atomic mass is 32.2. The molecule has 0 aliphatic rings. The van der Waals surface area contributed by atoms with Gasteiger partial charge < -0.3 is 9.84 Å². The van der Waals surface area contributed by atoms with Crippen molar-refractivity contribution in [3.63, 3.8) is 0 Å². The van der Waals surface area contributed by atoms with E-state index in [0.29, 0.717) is 0 Å². The van der Waals surface area contributed by atoms with Crippen LogP contribution in [0.15, 0.2) is 23.1 Å². The number of carboxylic acids is 1. The lowest BCUT2D eigenvalue weighted by atomic mass is 10.2. The van der Waals surface area contributed by atoms with Crippen LogP contribution < -0.4 is 0 Å². The van der Waals surface area contributed by atoms with Crippen LogP contribution in [-0.4, -0.2) is 29.9 Å². The lowest BCUT2D eigenvalue weighted by Crippen LogP contribution is -2.06. The normalized spacial score (nSPS) is 9.88. The van der Waals surface area contributed by atoms with Crippen molar-refractivity contribution in [3.05, 3.63) is 29.6 Å². The van der Waals surface area contributed by atoms with E-state index in [0.717, 1.165) is 17.8 Å². The van der Waals surface area contributed by atoms with Crippen molar-refractivity contribution >= 4 is 23.7 Å². The third-order valence-corrected chi connectivity index (χ3v) is 2.84. The van der Waals surface area contributed by atoms with Crippen LogP contribution in [0.25, 0.3) is 0 Å². The number of hydrogen-bond acceptors (Lipinski definition) is 4. The topological polar surface area (TPSA) is 63.6 Å². The summed E-state index contributed by atoms with van der Waals surface area (Å²) < 4.78 is 17.7. The lowest BCUT2D eigenvalue weighted by molar-refractivity contribution is -0.137. The summed E-state index contributed by atoms with van der Waals surface area (Å²) >= 11 is 0.804. The molecule has 4 nitrogen and oxygen atoms in total. The van der Waals surface area contributed by atoms with Gasteiger partial charge in [0.15, 0.2) is 0 Å². The predicted octanol–water partition coefficient (Wildman–Crippen LogP) is 1.79. The number of methoxy groups -OCH3 is 1. The molecule has 1 rings (SSSR count). The molecule has 16 heavy (non-hydrogen) atoms. The minimum absolute atomic E-state index is 0.0552. The van der Waals surface area contributed by atoms with E-state index in [4.69, 9.17) is 5.11 Å². The quantitative estimate of drug-likeness (QED) is 0.646. The fraction of sp³-hybridized carbons (Fsp3) is 0.200. The highest BCUT2D eigenvalue weighted by molar-refractivity contribution is 8.00. The number of carboxylic acid groups (broad SMARTS) is 1. The summed E-state index contributed by atoms with van der Waals surface area (Å²) in [6.07, 6.45) is 0. The molecular formula is C10H9FO4S. The van der Waals surface area contributed by atoms with Gasteiger partial charge >= 0.3 is 11.9 Å². The molecule has 0 saturated heterocycles. The summed E-state index contributed by atoms with van der Waals surface area (Å²) in [4.78, 5) is 21.6. The summed E-state index contributed by atoms with van der Waals surface area (Å²) in [5, 5.41) is 8.82. The minimum atomic E-state index is -1.23. The molecule has 0 spiro atoms. The molecule has 0 aromatic heterocycles. The molecule has 0 aliphatic heterocycles. The first-order valence-corrected chi connectivity index (χ1v) is 5.26. The van der Waals surface area contributed by atoms with Crippen molar-refractivity contribution in [3.8, 4) is 0 Å².